The number of hydrogen-bond acceptors (Lipinski definition) is 9. The summed E-state index contributed by atoms with van der Waals surface area (Å²) < 4.78 is 70.8. The molecule has 0 fully saturated rings. The van der Waals surface area contributed by atoms with Crippen LogP contribution in [0.25, 0.3) is 0 Å². The Bertz CT molecular complexity index is 1130. The van der Waals surface area contributed by atoms with Crippen molar-refractivity contribution in [2.75, 3.05) is 38.0 Å². The number of carbonyl (C=O) groups is 1. The Morgan fingerprint density at radius 3 is 1.57 bits per heavy atom. The molecule has 0 aliphatic rings. The van der Waals surface area contributed by atoms with Crippen molar-refractivity contribution in [3.63, 3.8) is 0 Å². The smallest absolute Gasteiger partial charge is 0.744 e. The molecule has 0 amide bonds. The van der Waals surface area contributed by atoms with E-state index in [1.165, 1.54) is 31.1 Å². The van der Waals surface area contributed by atoms with Crippen molar-refractivity contribution >= 4 is 37.4 Å². The number of anilines is 2. The minimum Gasteiger partial charge on any atom is -0.744 e. The van der Waals surface area contributed by atoms with Crippen LogP contribution >= 0.6 is 0 Å². The van der Waals surface area contributed by atoms with E-state index in [4.69, 9.17) is 0 Å². The maximum atomic E-state index is 12.8. The predicted molar refractivity (Wildman–Crippen MR) is 101 cm³/mol. The van der Waals surface area contributed by atoms with Gasteiger partial charge >= 0.3 is 59.1 Å². The van der Waals surface area contributed by atoms with Crippen LogP contribution < -0.4 is 68.9 Å². The molecule has 0 aliphatic heterocycles. The van der Waals surface area contributed by atoms with Crippen molar-refractivity contribution in [2.24, 2.45) is 0 Å². The second-order valence-corrected chi connectivity index (χ2v) is 9.00. The van der Waals surface area contributed by atoms with E-state index >= 15 is 0 Å². The summed E-state index contributed by atoms with van der Waals surface area (Å²) in [7, 11) is -4.54. The molecule has 0 aliphatic carbocycles. The number of benzene rings is 2. The molecule has 30 heavy (non-hydrogen) atoms. The molecule has 13 heteroatoms. The Morgan fingerprint density at radius 2 is 1.20 bits per heavy atom. The molecule has 2 aromatic carbocycles. The predicted octanol–water partition coefficient (Wildman–Crippen LogP) is -5.13. The molecule has 0 bridgehead atoms. The molecule has 9 nitrogen and oxygen atoms in total. The Hall–Kier alpha value is -0.470. The summed E-state index contributed by atoms with van der Waals surface area (Å²) in [5.74, 6) is -0.894. The van der Waals surface area contributed by atoms with E-state index in [2.05, 4.69) is 0 Å². The first-order chi connectivity index (χ1) is 12.7. The van der Waals surface area contributed by atoms with Crippen molar-refractivity contribution in [3.05, 3.63) is 47.5 Å². The van der Waals surface area contributed by atoms with Gasteiger partial charge in [-0.25, -0.2) is 16.8 Å². The topological polar surface area (TPSA) is 138 Å². The summed E-state index contributed by atoms with van der Waals surface area (Å²) in [5, 5.41) is 0. The second kappa shape index (κ2) is 10.9. The minimum absolute atomic E-state index is 0. The van der Waals surface area contributed by atoms with E-state index < -0.39 is 41.4 Å². The number of nitrogens with zero attached hydrogens (tertiary/aromatic N) is 2. The van der Waals surface area contributed by atoms with Crippen LogP contribution in [0, 0.1) is 0 Å². The molecule has 152 valence electrons. The Labute approximate surface area is 220 Å². The van der Waals surface area contributed by atoms with Gasteiger partial charge in [-0.3, -0.25) is 4.79 Å². The monoisotopic (exact) mass is 472 g/mol. The third-order valence-electron chi connectivity index (χ3n) is 3.96. The maximum Gasteiger partial charge on any atom is 1.00 e. The first-order valence-corrected chi connectivity index (χ1v) is 10.6. The average Bonchev–Trinajstić information content (AvgIpc) is 2.58. The van der Waals surface area contributed by atoms with E-state index in [-0.39, 0.29) is 70.4 Å². The molecule has 0 unspecified atom stereocenters. The van der Waals surface area contributed by atoms with E-state index in [1.807, 2.05) is 0 Å². The van der Waals surface area contributed by atoms with Crippen LogP contribution in [0.1, 0.15) is 15.9 Å². The SMILES string of the molecule is CN(C)c1ccc(C(=O)c2ccc(N(C)C)c(S(=O)(=O)[O-])c2S(=O)(=O)[O-])cc1.[Na+].[Na+]. The van der Waals surface area contributed by atoms with Gasteiger partial charge < -0.3 is 18.9 Å². The molecule has 0 saturated carbocycles. The van der Waals surface area contributed by atoms with Crippen LogP contribution in [-0.2, 0) is 20.2 Å². The molecule has 2 rings (SSSR count). The summed E-state index contributed by atoms with van der Waals surface area (Å²) in [6.45, 7) is 0. The Balaban J connectivity index is 0.00000420. The van der Waals surface area contributed by atoms with Gasteiger partial charge in [0.2, 0.25) is 0 Å². The molecule has 0 N–H and O–H groups in total. The third-order valence-corrected chi connectivity index (χ3v) is 5.93. The van der Waals surface area contributed by atoms with Crippen LogP contribution in [0.15, 0.2) is 46.2 Å². The summed E-state index contributed by atoms with van der Waals surface area (Å²) in [5.41, 5.74) is -0.182. The quantitative estimate of drug-likeness (QED) is 0.230. The fraction of sp³-hybridized carbons (Fsp3) is 0.235. The van der Waals surface area contributed by atoms with E-state index in [0.29, 0.717) is 0 Å². The molecular weight excluding hydrogens is 454 g/mol. The number of carbonyl (C=O) groups excluding carboxylic acids is 1. The van der Waals surface area contributed by atoms with Gasteiger partial charge in [-0.1, -0.05) is 0 Å². The largest absolute Gasteiger partial charge is 1.00 e. The number of ketones is 1. The van der Waals surface area contributed by atoms with Crippen LogP contribution in [0.3, 0.4) is 0 Å². The first-order valence-electron chi connectivity index (χ1n) is 7.83. The molecule has 0 heterocycles. The van der Waals surface area contributed by atoms with E-state index in [9.17, 15) is 30.7 Å². The standard InChI is InChI=1S/C17H20N2O7S2.2Na/c1-18(2)12-7-5-11(6-8-12)15(20)13-9-10-14(19(3)4)17(28(24,25)26)16(13)27(21,22)23;;/h5-10H,1-4H3,(H,21,22,23)(H,24,25,26);;/q;2*+1/p-2. The molecule has 2 aromatic rings. The van der Waals surface area contributed by atoms with Gasteiger partial charge in [-0.05, 0) is 36.4 Å². The zero-order chi connectivity index (χ0) is 21.4. The van der Waals surface area contributed by atoms with Gasteiger partial charge in [0.1, 0.15) is 20.2 Å². The van der Waals surface area contributed by atoms with Gasteiger partial charge in [0, 0.05) is 45.0 Å². The summed E-state index contributed by atoms with van der Waals surface area (Å²) >= 11 is 0. The summed E-state index contributed by atoms with van der Waals surface area (Å²) in [6.07, 6.45) is 0. The average molecular weight is 472 g/mol. The zero-order valence-corrected chi connectivity index (χ0v) is 23.2. The van der Waals surface area contributed by atoms with Crippen LogP contribution in [-0.4, -0.2) is 59.9 Å². The van der Waals surface area contributed by atoms with Crippen molar-refractivity contribution in [2.45, 2.75) is 9.79 Å². The van der Waals surface area contributed by atoms with Crippen molar-refractivity contribution in [1.29, 1.82) is 0 Å². The number of rotatable bonds is 6. The molecule has 0 atom stereocenters. The third kappa shape index (κ3) is 6.52. The van der Waals surface area contributed by atoms with E-state index in [1.54, 1.807) is 31.1 Å². The van der Waals surface area contributed by atoms with E-state index in [0.717, 1.165) is 17.8 Å². The minimum atomic E-state index is -5.46. The van der Waals surface area contributed by atoms with Gasteiger partial charge in [0.15, 0.2) is 5.78 Å². The number of hydrogen-bond donors (Lipinski definition) is 0. The zero-order valence-electron chi connectivity index (χ0n) is 17.5. The van der Waals surface area contributed by atoms with Gasteiger partial charge in [-0.15, -0.1) is 0 Å². The summed E-state index contributed by atoms with van der Waals surface area (Å²) in [6, 6.07) is 8.14. The molecule has 0 spiro atoms. The van der Waals surface area contributed by atoms with Crippen LogP contribution in [0.2, 0.25) is 0 Å². The maximum absolute atomic E-state index is 12.8. The molecule has 0 radical (unpaired) electrons. The Morgan fingerprint density at radius 1 is 0.733 bits per heavy atom. The van der Waals surface area contributed by atoms with Crippen molar-refractivity contribution in [3.8, 4) is 0 Å². The van der Waals surface area contributed by atoms with Crippen LogP contribution in [0.4, 0.5) is 11.4 Å². The normalized spacial score (nSPS) is 11.1. The first kappa shape index (κ1) is 29.5. The fourth-order valence-corrected chi connectivity index (χ4v) is 4.86. The van der Waals surface area contributed by atoms with Crippen molar-refractivity contribution < 1.29 is 89.9 Å². The Kier molecular flexibility index (Phi) is 10.7. The summed E-state index contributed by atoms with van der Waals surface area (Å²) in [4.78, 5) is 13.2. The van der Waals surface area contributed by atoms with Gasteiger partial charge in [0.25, 0.3) is 0 Å². The molecular formula is C17H18N2Na2O7S2. The molecule has 0 aromatic heterocycles. The van der Waals surface area contributed by atoms with Crippen molar-refractivity contribution in [1.82, 2.24) is 0 Å². The second-order valence-electron chi connectivity index (χ2n) is 6.36. The molecule has 0 saturated heterocycles. The van der Waals surface area contributed by atoms with Gasteiger partial charge in [-0.2, -0.15) is 0 Å². The fourth-order valence-electron chi connectivity index (χ4n) is 2.64. The van der Waals surface area contributed by atoms with Gasteiger partial charge in [0.05, 0.1) is 15.5 Å². The van der Waals surface area contributed by atoms with Crippen LogP contribution in [0.5, 0.6) is 0 Å².